The summed E-state index contributed by atoms with van der Waals surface area (Å²) < 4.78 is 36.1. The molecule has 0 unspecified atom stereocenters. The minimum absolute atomic E-state index is 0.267. The molecule has 1 N–H and O–H groups in total. The van der Waals surface area contributed by atoms with Crippen molar-refractivity contribution in [3.05, 3.63) is 54.1 Å². The van der Waals surface area contributed by atoms with E-state index in [2.05, 4.69) is 5.32 Å². The molecule has 0 radical (unpaired) electrons. The van der Waals surface area contributed by atoms with E-state index in [4.69, 9.17) is 9.47 Å². The van der Waals surface area contributed by atoms with Crippen LogP contribution in [0.3, 0.4) is 0 Å². The van der Waals surface area contributed by atoms with Crippen molar-refractivity contribution < 1.29 is 22.7 Å². The SMILES string of the molecule is CCCOc1ccc(N(CC(=O)NCCCc2ccc(OC)cc2)S(C)(=O)=O)cc1. The summed E-state index contributed by atoms with van der Waals surface area (Å²) in [5.41, 5.74) is 1.57. The lowest BCUT2D eigenvalue weighted by atomic mass is 10.1. The maximum absolute atomic E-state index is 12.3. The van der Waals surface area contributed by atoms with Crippen LogP contribution in [0.5, 0.6) is 11.5 Å². The highest BCUT2D eigenvalue weighted by Crippen LogP contribution is 2.21. The summed E-state index contributed by atoms with van der Waals surface area (Å²) >= 11 is 0. The number of anilines is 1. The molecule has 30 heavy (non-hydrogen) atoms. The zero-order valence-electron chi connectivity index (χ0n) is 17.8. The zero-order valence-corrected chi connectivity index (χ0v) is 18.6. The third kappa shape index (κ3) is 7.59. The number of aryl methyl sites for hydroxylation is 1. The molecule has 0 fully saturated rings. The molecule has 2 aromatic carbocycles. The molecule has 0 spiro atoms. The lowest BCUT2D eigenvalue weighted by Crippen LogP contribution is -2.40. The second-order valence-corrected chi connectivity index (χ2v) is 8.82. The van der Waals surface area contributed by atoms with Crippen LogP contribution in [0.1, 0.15) is 25.3 Å². The van der Waals surface area contributed by atoms with Gasteiger partial charge in [-0.2, -0.15) is 0 Å². The van der Waals surface area contributed by atoms with Gasteiger partial charge in [0.1, 0.15) is 18.0 Å². The van der Waals surface area contributed by atoms with Crippen molar-refractivity contribution in [1.82, 2.24) is 5.32 Å². The Hall–Kier alpha value is -2.74. The number of benzene rings is 2. The molecule has 2 rings (SSSR count). The zero-order chi connectivity index (χ0) is 22.0. The smallest absolute Gasteiger partial charge is 0.240 e. The molecule has 0 aliphatic rings. The van der Waals surface area contributed by atoms with Gasteiger partial charge < -0.3 is 14.8 Å². The lowest BCUT2D eigenvalue weighted by Gasteiger charge is -2.22. The summed E-state index contributed by atoms with van der Waals surface area (Å²) in [7, 11) is -1.98. The number of nitrogens with zero attached hydrogens (tertiary/aromatic N) is 1. The van der Waals surface area contributed by atoms with Gasteiger partial charge in [0.25, 0.3) is 0 Å². The number of amides is 1. The van der Waals surface area contributed by atoms with Crippen LogP contribution in [0.4, 0.5) is 5.69 Å². The fourth-order valence-corrected chi connectivity index (χ4v) is 3.68. The van der Waals surface area contributed by atoms with Crippen LogP contribution in [0.25, 0.3) is 0 Å². The number of ether oxygens (including phenoxy) is 2. The molecule has 8 heteroatoms. The normalized spacial score (nSPS) is 11.0. The molecule has 164 valence electrons. The second kappa shape index (κ2) is 11.4. The van der Waals surface area contributed by atoms with Crippen molar-refractivity contribution in [2.24, 2.45) is 0 Å². The van der Waals surface area contributed by atoms with Gasteiger partial charge in [-0.3, -0.25) is 9.10 Å². The monoisotopic (exact) mass is 434 g/mol. The highest BCUT2D eigenvalue weighted by atomic mass is 32.2. The summed E-state index contributed by atoms with van der Waals surface area (Å²) in [5.74, 6) is 1.12. The van der Waals surface area contributed by atoms with Crippen LogP contribution in [-0.2, 0) is 21.2 Å². The van der Waals surface area contributed by atoms with Crippen LogP contribution in [0, 0.1) is 0 Å². The Morgan fingerprint density at radius 3 is 2.23 bits per heavy atom. The predicted octanol–water partition coefficient (Wildman–Crippen LogP) is 3.00. The molecule has 7 nitrogen and oxygen atoms in total. The van der Waals surface area contributed by atoms with Crippen molar-refractivity contribution in [3.63, 3.8) is 0 Å². The molecule has 0 saturated heterocycles. The second-order valence-electron chi connectivity index (χ2n) is 6.91. The molecule has 0 atom stereocenters. The summed E-state index contributed by atoms with van der Waals surface area (Å²) in [4.78, 5) is 12.3. The van der Waals surface area contributed by atoms with E-state index in [-0.39, 0.29) is 12.5 Å². The first-order valence-corrected chi connectivity index (χ1v) is 11.8. The number of rotatable bonds is 12. The van der Waals surface area contributed by atoms with E-state index in [1.54, 1.807) is 31.4 Å². The van der Waals surface area contributed by atoms with Crippen molar-refractivity contribution in [2.75, 3.05) is 37.4 Å². The average molecular weight is 435 g/mol. The van der Waals surface area contributed by atoms with Crippen molar-refractivity contribution in [3.8, 4) is 11.5 Å². The Labute approximate surface area is 179 Å². The van der Waals surface area contributed by atoms with E-state index < -0.39 is 10.0 Å². The Balaban J connectivity index is 1.87. The van der Waals surface area contributed by atoms with Gasteiger partial charge in [-0.05, 0) is 61.2 Å². The third-order valence-corrected chi connectivity index (χ3v) is 5.55. The molecular weight excluding hydrogens is 404 g/mol. The van der Waals surface area contributed by atoms with Crippen LogP contribution in [0.2, 0.25) is 0 Å². The van der Waals surface area contributed by atoms with Gasteiger partial charge in [-0.1, -0.05) is 19.1 Å². The molecule has 0 saturated carbocycles. The maximum Gasteiger partial charge on any atom is 0.240 e. The lowest BCUT2D eigenvalue weighted by molar-refractivity contribution is -0.119. The quantitative estimate of drug-likeness (QED) is 0.519. The van der Waals surface area contributed by atoms with Crippen molar-refractivity contribution in [2.45, 2.75) is 26.2 Å². The van der Waals surface area contributed by atoms with Crippen LogP contribution < -0.4 is 19.1 Å². The predicted molar refractivity (Wildman–Crippen MR) is 119 cm³/mol. The minimum Gasteiger partial charge on any atom is -0.497 e. The molecule has 0 aromatic heterocycles. The standard InChI is InChI=1S/C22H30N2O5S/c1-4-16-29-21-13-9-19(10-14-21)24(30(3,26)27)17-22(25)23-15-5-6-18-7-11-20(28-2)12-8-18/h7-14H,4-6,15-17H2,1-3H3,(H,23,25). The first-order chi connectivity index (χ1) is 14.3. The van der Waals surface area contributed by atoms with Gasteiger partial charge in [-0.15, -0.1) is 0 Å². The van der Waals surface area contributed by atoms with E-state index in [1.165, 1.54) is 0 Å². The molecular formula is C22H30N2O5S. The highest BCUT2D eigenvalue weighted by Gasteiger charge is 2.20. The number of hydrogen-bond acceptors (Lipinski definition) is 5. The van der Waals surface area contributed by atoms with E-state index in [0.717, 1.165) is 41.1 Å². The first-order valence-electron chi connectivity index (χ1n) is 9.93. The first kappa shape index (κ1) is 23.5. The number of sulfonamides is 1. The summed E-state index contributed by atoms with van der Waals surface area (Å²) in [6.45, 7) is 2.80. The Morgan fingerprint density at radius 1 is 1.03 bits per heavy atom. The summed E-state index contributed by atoms with van der Waals surface area (Å²) in [6, 6.07) is 14.5. The van der Waals surface area contributed by atoms with Crippen molar-refractivity contribution in [1.29, 1.82) is 0 Å². The Morgan fingerprint density at radius 2 is 1.67 bits per heavy atom. The molecule has 1 amide bonds. The number of carbonyl (C=O) groups is 1. The van der Waals surface area contributed by atoms with Gasteiger partial charge >= 0.3 is 0 Å². The minimum atomic E-state index is -3.60. The largest absolute Gasteiger partial charge is 0.497 e. The molecule has 0 aliphatic heterocycles. The van der Waals surface area contributed by atoms with E-state index in [1.807, 2.05) is 31.2 Å². The van der Waals surface area contributed by atoms with Crippen LogP contribution >= 0.6 is 0 Å². The fourth-order valence-electron chi connectivity index (χ4n) is 2.83. The van der Waals surface area contributed by atoms with Crippen LogP contribution in [-0.4, -0.2) is 47.4 Å². The summed E-state index contributed by atoms with van der Waals surface area (Å²) in [6.07, 6.45) is 3.53. The molecule has 0 aliphatic carbocycles. The maximum atomic E-state index is 12.3. The highest BCUT2D eigenvalue weighted by molar-refractivity contribution is 7.92. The number of methoxy groups -OCH3 is 1. The Bertz CT molecular complexity index is 896. The molecule has 0 bridgehead atoms. The number of carbonyl (C=O) groups excluding carboxylic acids is 1. The Kier molecular flexibility index (Phi) is 8.98. The fraction of sp³-hybridized carbons (Fsp3) is 0.409. The topological polar surface area (TPSA) is 84.9 Å². The van der Waals surface area contributed by atoms with Crippen molar-refractivity contribution >= 4 is 21.6 Å². The molecule has 0 heterocycles. The third-order valence-electron chi connectivity index (χ3n) is 4.41. The average Bonchev–Trinajstić information content (AvgIpc) is 2.73. The van der Waals surface area contributed by atoms with Gasteiger partial charge in [-0.25, -0.2) is 8.42 Å². The number of hydrogen-bond donors (Lipinski definition) is 1. The van der Waals surface area contributed by atoms with Gasteiger partial charge in [0.15, 0.2) is 0 Å². The van der Waals surface area contributed by atoms with E-state index in [9.17, 15) is 13.2 Å². The van der Waals surface area contributed by atoms with Gasteiger partial charge in [0.2, 0.25) is 15.9 Å². The van der Waals surface area contributed by atoms with Gasteiger partial charge in [0, 0.05) is 6.54 Å². The van der Waals surface area contributed by atoms with Crippen LogP contribution in [0.15, 0.2) is 48.5 Å². The van der Waals surface area contributed by atoms with Gasteiger partial charge in [0.05, 0.1) is 25.7 Å². The van der Waals surface area contributed by atoms with E-state index >= 15 is 0 Å². The number of nitrogens with one attached hydrogen (secondary N) is 1. The summed E-state index contributed by atoms with van der Waals surface area (Å²) in [5, 5.41) is 2.79. The van der Waals surface area contributed by atoms with E-state index in [0.29, 0.717) is 24.6 Å². The molecule has 2 aromatic rings.